The van der Waals surface area contributed by atoms with E-state index in [0.29, 0.717) is 11.4 Å². The van der Waals surface area contributed by atoms with Crippen molar-refractivity contribution in [3.8, 4) is 11.5 Å². The lowest BCUT2D eigenvalue weighted by Crippen LogP contribution is -2.15. The van der Waals surface area contributed by atoms with Gasteiger partial charge in [0.2, 0.25) is 0 Å². The van der Waals surface area contributed by atoms with Crippen molar-refractivity contribution in [3.63, 3.8) is 0 Å². The minimum absolute atomic E-state index is 0.0103. The van der Waals surface area contributed by atoms with E-state index in [-0.39, 0.29) is 16.6 Å². The number of aliphatic imine (C=N–C) groups is 1. The van der Waals surface area contributed by atoms with Crippen molar-refractivity contribution < 1.29 is 9.84 Å². The minimum atomic E-state index is -0.225. The van der Waals surface area contributed by atoms with Crippen molar-refractivity contribution in [2.45, 2.75) is 62.3 Å². The van der Waals surface area contributed by atoms with Crippen LogP contribution in [0.4, 0.5) is 5.69 Å². The fourth-order valence-electron chi connectivity index (χ4n) is 3.56. The van der Waals surface area contributed by atoms with Gasteiger partial charge in [-0.1, -0.05) is 84.0 Å². The number of aliphatic hydroxyl groups is 1. The third kappa shape index (κ3) is 7.21. The second-order valence-corrected chi connectivity index (χ2v) is 10.4. The number of hydrogen-bond donors (Lipinski definition) is 1. The standard InChI is InChI=1S/C30H39NO2/c1-10-23(29(4,5)6)20-24(30(7,8)9)26(32)18-19-31-25-16-11-12-17-27(25)33-28-21(2)14-13-15-22(28)3/h10-20,32H,1-9H3/b23-10+,24-20+,26-18-,31-19+. The molecular formula is C30H39NO2. The molecule has 1 N–H and O–H groups in total. The van der Waals surface area contributed by atoms with Crippen LogP contribution in [0.25, 0.3) is 0 Å². The summed E-state index contributed by atoms with van der Waals surface area (Å²) in [5.41, 5.74) is 4.67. The second kappa shape index (κ2) is 10.7. The summed E-state index contributed by atoms with van der Waals surface area (Å²) in [6.45, 7) is 18.9. The average molecular weight is 446 g/mol. The van der Waals surface area contributed by atoms with Crippen LogP contribution < -0.4 is 4.74 Å². The topological polar surface area (TPSA) is 41.8 Å². The normalized spacial score (nSPS) is 14.2. The largest absolute Gasteiger partial charge is 0.508 e. The van der Waals surface area contributed by atoms with Crippen LogP contribution in [0.5, 0.6) is 11.5 Å². The van der Waals surface area contributed by atoms with Crippen LogP contribution in [0, 0.1) is 24.7 Å². The molecule has 0 heterocycles. The highest BCUT2D eigenvalue weighted by Gasteiger charge is 2.23. The number of benzene rings is 2. The van der Waals surface area contributed by atoms with Crippen molar-refractivity contribution in [1.82, 2.24) is 0 Å². The smallest absolute Gasteiger partial charge is 0.153 e. The first-order valence-electron chi connectivity index (χ1n) is 11.5. The molecule has 0 atom stereocenters. The molecule has 0 radical (unpaired) electrons. The molecule has 0 aliphatic heterocycles. The van der Waals surface area contributed by atoms with Crippen LogP contribution in [0.3, 0.4) is 0 Å². The molecule has 0 unspecified atom stereocenters. The van der Waals surface area contributed by atoms with E-state index in [2.05, 4.69) is 58.7 Å². The van der Waals surface area contributed by atoms with E-state index < -0.39 is 0 Å². The summed E-state index contributed by atoms with van der Waals surface area (Å²) in [6.07, 6.45) is 7.49. The highest BCUT2D eigenvalue weighted by atomic mass is 16.5. The third-order valence-corrected chi connectivity index (χ3v) is 5.49. The molecule has 0 spiro atoms. The van der Waals surface area contributed by atoms with Crippen LogP contribution in [0.2, 0.25) is 0 Å². The number of aliphatic hydroxyl groups excluding tert-OH is 1. The Morgan fingerprint density at radius 1 is 0.879 bits per heavy atom. The van der Waals surface area contributed by atoms with E-state index in [9.17, 15) is 5.11 Å². The molecule has 2 aromatic carbocycles. The summed E-state index contributed by atoms with van der Waals surface area (Å²) < 4.78 is 6.22. The molecule has 0 aromatic heterocycles. The summed E-state index contributed by atoms with van der Waals surface area (Å²) in [4.78, 5) is 4.59. The number of allylic oxidation sites excluding steroid dienone is 5. The van der Waals surface area contributed by atoms with Gasteiger partial charge in [-0.3, -0.25) is 4.99 Å². The maximum Gasteiger partial charge on any atom is 0.153 e. The van der Waals surface area contributed by atoms with E-state index in [1.54, 1.807) is 12.3 Å². The Hall–Kier alpha value is -3.07. The van der Waals surface area contributed by atoms with Crippen molar-refractivity contribution >= 4 is 11.9 Å². The van der Waals surface area contributed by atoms with Gasteiger partial charge in [0.05, 0.1) is 0 Å². The highest BCUT2D eigenvalue weighted by Crippen LogP contribution is 2.36. The summed E-state index contributed by atoms with van der Waals surface area (Å²) in [5.74, 6) is 1.73. The first-order chi connectivity index (χ1) is 15.3. The zero-order valence-corrected chi connectivity index (χ0v) is 21.7. The Balaban J connectivity index is 2.38. The fourth-order valence-corrected chi connectivity index (χ4v) is 3.56. The van der Waals surface area contributed by atoms with Gasteiger partial charge in [0.15, 0.2) is 5.75 Å². The lowest BCUT2D eigenvalue weighted by Gasteiger charge is -2.27. The van der Waals surface area contributed by atoms with Gasteiger partial charge in [0.1, 0.15) is 17.2 Å². The van der Waals surface area contributed by atoms with E-state index in [0.717, 1.165) is 22.4 Å². The molecule has 0 bridgehead atoms. The number of aryl methyl sites for hydroxylation is 2. The zero-order chi connectivity index (χ0) is 24.8. The number of rotatable bonds is 6. The first kappa shape index (κ1) is 26.2. The Morgan fingerprint density at radius 3 is 2.03 bits per heavy atom. The molecular weight excluding hydrogens is 406 g/mol. The third-order valence-electron chi connectivity index (χ3n) is 5.49. The Bertz CT molecular complexity index is 1070. The molecule has 2 aromatic rings. The van der Waals surface area contributed by atoms with Gasteiger partial charge in [-0.15, -0.1) is 0 Å². The minimum Gasteiger partial charge on any atom is -0.508 e. The molecule has 3 heteroatoms. The molecule has 176 valence electrons. The highest BCUT2D eigenvalue weighted by molar-refractivity contribution is 5.77. The number of ether oxygens (including phenoxy) is 1. The predicted octanol–water partition coefficient (Wildman–Crippen LogP) is 9.20. The predicted molar refractivity (Wildman–Crippen MR) is 142 cm³/mol. The van der Waals surface area contributed by atoms with Gasteiger partial charge in [0, 0.05) is 6.21 Å². The van der Waals surface area contributed by atoms with Crippen molar-refractivity contribution in [2.75, 3.05) is 0 Å². The Morgan fingerprint density at radius 2 is 1.48 bits per heavy atom. The van der Waals surface area contributed by atoms with Gasteiger partial charge in [-0.05, 0) is 72.1 Å². The zero-order valence-electron chi connectivity index (χ0n) is 21.7. The summed E-state index contributed by atoms with van der Waals surface area (Å²) >= 11 is 0. The fraction of sp³-hybridized carbons (Fsp3) is 0.367. The van der Waals surface area contributed by atoms with E-state index >= 15 is 0 Å². The lowest BCUT2D eigenvalue weighted by atomic mass is 9.79. The number of para-hydroxylation sites is 3. The SMILES string of the molecule is C\C=C(/C=C(\C(O)=C\C=N\c1ccccc1Oc1c(C)cccc1C)C(C)(C)C)C(C)(C)C. The second-order valence-electron chi connectivity index (χ2n) is 10.4. The first-order valence-corrected chi connectivity index (χ1v) is 11.5. The van der Waals surface area contributed by atoms with Crippen molar-refractivity contribution in [2.24, 2.45) is 15.8 Å². The molecule has 0 aliphatic carbocycles. The monoisotopic (exact) mass is 445 g/mol. The Kier molecular flexibility index (Phi) is 8.49. The number of hydrogen-bond acceptors (Lipinski definition) is 3. The van der Waals surface area contributed by atoms with Crippen LogP contribution in [-0.2, 0) is 0 Å². The quantitative estimate of drug-likeness (QED) is 0.273. The average Bonchev–Trinajstić information content (AvgIpc) is 2.70. The van der Waals surface area contributed by atoms with Gasteiger partial charge in [-0.2, -0.15) is 0 Å². The summed E-state index contributed by atoms with van der Waals surface area (Å²) in [5, 5.41) is 11.0. The van der Waals surface area contributed by atoms with Gasteiger partial charge in [0.25, 0.3) is 0 Å². The van der Waals surface area contributed by atoms with Crippen molar-refractivity contribution in [3.05, 3.63) is 88.7 Å². The lowest BCUT2D eigenvalue weighted by molar-refractivity contribution is 0.378. The molecule has 0 saturated heterocycles. The molecule has 2 rings (SSSR count). The van der Waals surface area contributed by atoms with E-state index in [1.807, 2.05) is 63.2 Å². The molecule has 0 aliphatic rings. The summed E-state index contributed by atoms with van der Waals surface area (Å²) in [6, 6.07) is 13.8. The van der Waals surface area contributed by atoms with Gasteiger partial charge in [-0.25, -0.2) is 0 Å². The summed E-state index contributed by atoms with van der Waals surface area (Å²) in [7, 11) is 0. The number of nitrogens with zero attached hydrogens (tertiary/aromatic N) is 1. The molecule has 0 amide bonds. The van der Waals surface area contributed by atoms with Gasteiger partial charge >= 0.3 is 0 Å². The van der Waals surface area contributed by atoms with Crippen LogP contribution in [0.1, 0.15) is 59.6 Å². The maximum atomic E-state index is 11.0. The van der Waals surface area contributed by atoms with Crippen LogP contribution >= 0.6 is 0 Å². The molecule has 3 nitrogen and oxygen atoms in total. The van der Waals surface area contributed by atoms with Crippen LogP contribution in [-0.4, -0.2) is 11.3 Å². The molecule has 0 fully saturated rings. The van der Waals surface area contributed by atoms with Crippen molar-refractivity contribution in [1.29, 1.82) is 0 Å². The maximum absolute atomic E-state index is 11.0. The van der Waals surface area contributed by atoms with Crippen LogP contribution in [0.15, 0.2) is 82.6 Å². The molecule has 33 heavy (non-hydrogen) atoms. The van der Waals surface area contributed by atoms with Gasteiger partial charge < -0.3 is 9.84 Å². The Labute approximate surface area is 200 Å². The van der Waals surface area contributed by atoms with E-state index in [1.165, 1.54) is 5.57 Å². The molecule has 0 saturated carbocycles. The van der Waals surface area contributed by atoms with E-state index in [4.69, 9.17) is 4.74 Å².